The average molecular weight is 249 g/mol. The van der Waals surface area contributed by atoms with Crippen LogP contribution in [-0.2, 0) is 0 Å². The third kappa shape index (κ3) is 3.10. The third-order valence-corrected chi connectivity index (χ3v) is 3.72. The van der Waals surface area contributed by atoms with Crippen molar-refractivity contribution in [3.63, 3.8) is 0 Å². The largest absolute Gasteiger partial charge is 0.356 e. The van der Waals surface area contributed by atoms with E-state index in [1.165, 1.54) is 25.7 Å². The summed E-state index contributed by atoms with van der Waals surface area (Å²) in [6.07, 6.45) is 5.11. The van der Waals surface area contributed by atoms with E-state index in [-0.39, 0.29) is 0 Å². The molecule has 1 fully saturated rings. The van der Waals surface area contributed by atoms with E-state index in [9.17, 15) is 0 Å². The molecule has 1 aromatic rings. The van der Waals surface area contributed by atoms with Gasteiger partial charge in [-0.2, -0.15) is 4.98 Å². The van der Waals surface area contributed by atoms with Crippen molar-refractivity contribution in [1.29, 1.82) is 0 Å². The number of hydrogen-bond donors (Lipinski definition) is 2. The fourth-order valence-electron chi connectivity index (χ4n) is 2.58. The lowest BCUT2D eigenvalue weighted by Crippen LogP contribution is -2.26. The van der Waals surface area contributed by atoms with Gasteiger partial charge in [0.1, 0.15) is 5.82 Å². The van der Waals surface area contributed by atoms with Gasteiger partial charge in [0.15, 0.2) is 0 Å². The summed E-state index contributed by atoms with van der Waals surface area (Å²) in [7, 11) is 0. The first kappa shape index (κ1) is 13.1. The number of hydrogen-bond acceptors (Lipinski definition) is 5. The molecule has 0 spiro atoms. The zero-order valence-corrected chi connectivity index (χ0v) is 11.3. The molecule has 1 unspecified atom stereocenters. The number of aryl methyl sites for hydroxylation is 1. The first-order valence-electron chi connectivity index (χ1n) is 6.80. The second-order valence-electron chi connectivity index (χ2n) is 5.03. The predicted molar refractivity (Wildman–Crippen MR) is 74.4 cm³/mol. The summed E-state index contributed by atoms with van der Waals surface area (Å²) in [4.78, 5) is 11.0. The molecule has 2 rings (SSSR count). The van der Waals surface area contributed by atoms with Gasteiger partial charge in [0, 0.05) is 24.8 Å². The third-order valence-electron chi connectivity index (χ3n) is 3.72. The fourth-order valence-corrected chi connectivity index (χ4v) is 2.58. The van der Waals surface area contributed by atoms with Crippen molar-refractivity contribution >= 4 is 11.8 Å². The van der Waals surface area contributed by atoms with Crippen molar-refractivity contribution in [1.82, 2.24) is 9.97 Å². The maximum atomic E-state index is 5.40. The van der Waals surface area contributed by atoms with Crippen LogP contribution < -0.4 is 16.2 Å². The molecule has 0 bridgehead atoms. The van der Waals surface area contributed by atoms with Crippen molar-refractivity contribution < 1.29 is 0 Å². The molecular weight excluding hydrogens is 226 g/mol. The molecule has 5 heteroatoms. The maximum absolute atomic E-state index is 5.40. The average Bonchev–Trinajstić information content (AvgIpc) is 2.63. The zero-order valence-electron chi connectivity index (χ0n) is 11.3. The molecule has 2 heterocycles. The molecule has 3 N–H and O–H groups in total. The molecule has 0 radical (unpaired) electrons. The Balaban J connectivity index is 2.13. The Morgan fingerprint density at radius 3 is 2.94 bits per heavy atom. The highest BCUT2D eigenvalue weighted by molar-refractivity contribution is 5.44. The van der Waals surface area contributed by atoms with Crippen molar-refractivity contribution in [3.8, 4) is 0 Å². The minimum Gasteiger partial charge on any atom is -0.356 e. The Hall–Kier alpha value is -1.36. The van der Waals surface area contributed by atoms with Crippen molar-refractivity contribution in [2.75, 3.05) is 23.4 Å². The summed E-state index contributed by atoms with van der Waals surface area (Å²) in [6.45, 7) is 6.42. The van der Waals surface area contributed by atoms with Crippen LogP contribution in [0.3, 0.4) is 0 Å². The second-order valence-corrected chi connectivity index (χ2v) is 5.03. The number of nitrogen functional groups attached to an aromatic ring is 1. The maximum Gasteiger partial charge on any atom is 0.239 e. The number of nitrogens with zero attached hydrogens (tertiary/aromatic N) is 3. The number of anilines is 2. The predicted octanol–water partition coefficient (Wildman–Crippen LogP) is 2.09. The highest BCUT2D eigenvalue weighted by Crippen LogP contribution is 2.24. The molecule has 100 valence electrons. The SMILES string of the molecule is CCC1CCCN(c2cc(C)nc(NN)n2)CC1. The van der Waals surface area contributed by atoms with Crippen LogP contribution in [-0.4, -0.2) is 23.1 Å². The van der Waals surface area contributed by atoms with Crippen LogP contribution in [0.1, 0.15) is 38.3 Å². The van der Waals surface area contributed by atoms with E-state index in [2.05, 4.69) is 27.2 Å². The number of aromatic nitrogens is 2. The fraction of sp³-hybridized carbons (Fsp3) is 0.692. The van der Waals surface area contributed by atoms with E-state index in [0.717, 1.165) is 30.5 Å². The first-order valence-corrected chi connectivity index (χ1v) is 6.80. The lowest BCUT2D eigenvalue weighted by Gasteiger charge is -2.22. The van der Waals surface area contributed by atoms with Crippen LogP contribution in [0.15, 0.2) is 6.07 Å². The van der Waals surface area contributed by atoms with E-state index in [1.54, 1.807) is 0 Å². The number of nitrogens with one attached hydrogen (secondary N) is 1. The van der Waals surface area contributed by atoms with Crippen molar-refractivity contribution in [2.24, 2.45) is 11.8 Å². The Labute approximate surface area is 109 Å². The van der Waals surface area contributed by atoms with Gasteiger partial charge in [0.25, 0.3) is 0 Å². The first-order chi connectivity index (χ1) is 8.72. The highest BCUT2D eigenvalue weighted by Gasteiger charge is 2.17. The summed E-state index contributed by atoms with van der Waals surface area (Å²) in [5, 5.41) is 0. The van der Waals surface area contributed by atoms with Crippen LogP contribution in [0.5, 0.6) is 0 Å². The summed E-state index contributed by atoms with van der Waals surface area (Å²) < 4.78 is 0. The van der Waals surface area contributed by atoms with Crippen LogP contribution in [0, 0.1) is 12.8 Å². The molecule has 1 aliphatic heterocycles. The molecule has 1 atom stereocenters. The molecule has 1 saturated heterocycles. The Morgan fingerprint density at radius 2 is 2.22 bits per heavy atom. The molecular formula is C13H23N5. The Morgan fingerprint density at radius 1 is 1.39 bits per heavy atom. The van der Waals surface area contributed by atoms with Gasteiger partial charge in [-0.1, -0.05) is 13.3 Å². The molecule has 0 aliphatic carbocycles. The van der Waals surface area contributed by atoms with Gasteiger partial charge >= 0.3 is 0 Å². The zero-order chi connectivity index (χ0) is 13.0. The lowest BCUT2D eigenvalue weighted by atomic mass is 9.98. The number of hydrazine groups is 1. The van der Waals surface area contributed by atoms with Gasteiger partial charge in [-0.3, -0.25) is 5.43 Å². The molecule has 1 aromatic heterocycles. The van der Waals surface area contributed by atoms with Crippen LogP contribution in [0.25, 0.3) is 0 Å². The summed E-state index contributed by atoms with van der Waals surface area (Å²) >= 11 is 0. The minimum atomic E-state index is 0.501. The van der Waals surface area contributed by atoms with E-state index < -0.39 is 0 Å². The normalized spacial score (nSPS) is 20.6. The monoisotopic (exact) mass is 249 g/mol. The number of rotatable bonds is 3. The topological polar surface area (TPSA) is 67.1 Å². The van der Waals surface area contributed by atoms with Gasteiger partial charge in [-0.05, 0) is 32.1 Å². The van der Waals surface area contributed by atoms with E-state index in [1.807, 2.05) is 13.0 Å². The molecule has 1 aliphatic rings. The quantitative estimate of drug-likeness (QED) is 0.634. The van der Waals surface area contributed by atoms with E-state index in [4.69, 9.17) is 5.84 Å². The van der Waals surface area contributed by atoms with Crippen LogP contribution >= 0.6 is 0 Å². The summed E-state index contributed by atoms with van der Waals surface area (Å²) in [5.74, 6) is 7.76. The van der Waals surface area contributed by atoms with Gasteiger partial charge < -0.3 is 4.90 Å². The summed E-state index contributed by atoms with van der Waals surface area (Å²) in [6, 6.07) is 2.03. The Bertz CT molecular complexity index is 393. The molecule has 18 heavy (non-hydrogen) atoms. The van der Waals surface area contributed by atoms with E-state index in [0.29, 0.717) is 5.95 Å². The smallest absolute Gasteiger partial charge is 0.239 e. The van der Waals surface area contributed by atoms with Crippen LogP contribution in [0.4, 0.5) is 11.8 Å². The van der Waals surface area contributed by atoms with Gasteiger partial charge in [0.2, 0.25) is 5.95 Å². The molecule has 0 aromatic carbocycles. The van der Waals surface area contributed by atoms with Crippen molar-refractivity contribution in [3.05, 3.63) is 11.8 Å². The van der Waals surface area contributed by atoms with Crippen LogP contribution in [0.2, 0.25) is 0 Å². The molecule has 5 nitrogen and oxygen atoms in total. The van der Waals surface area contributed by atoms with Crippen molar-refractivity contribution in [2.45, 2.75) is 39.5 Å². The second kappa shape index (κ2) is 6.00. The van der Waals surface area contributed by atoms with E-state index >= 15 is 0 Å². The Kier molecular flexibility index (Phi) is 4.36. The lowest BCUT2D eigenvalue weighted by molar-refractivity contribution is 0.459. The summed E-state index contributed by atoms with van der Waals surface area (Å²) in [5.41, 5.74) is 3.48. The molecule has 0 saturated carbocycles. The minimum absolute atomic E-state index is 0.501. The van der Waals surface area contributed by atoms with Gasteiger partial charge in [-0.15, -0.1) is 0 Å². The molecule has 0 amide bonds. The standard InChI is InChI=1S/C13H23N5/c1-3-11-5-4-7-18(8-6-11)12-9-10(2)15-13(16-12)17-14/h9,11H,3-8,14H2,1-2H3,(H,15,16,17). The van der Waals surface area contributed by atoms with Gasteiger partial charge in [0.05, 0.1) is 0 Å². The highest BCUT2D eigenvalue weighted by atomic mass is 15.3. The number of nitrogens with two attached hydrogens (primary N) is 1. The van der Waals surface area contributed by atoms with Gasteiger partial charge in [-0.25, -0.2) is 10.8 Å².